The molecule has 488 valence electrons. The molecule has 0 bridgehead atoms. The summed E-state index contributed by atoms with van der Waals surface area (Å²) in [5, 5.41) is 20.5. The van der Waals surface area contributed by atoms with Crippen molar-refractivity contribution in [1.29, 1.82) is 0 Å². The van der Waals surface area contributed by atoms with Crippen molar-refractivity contribution in [2.75, 3.05) is 35.8 Å². The Balaban J connectivity index is 0.781. The highest BCUT2D eigenvalue weighted by Crippen LogP contribution is 2.35. The van der Waals surface area contributed by atoms with Gasteiger partial charge in [-0.2, -0.15) is 0 Å². The van der Waals surface area contributed by atoms with Gasteiger partial charge in [-0.15, -0.1) is 0 Å². The van der Waals surface area contributed by atoms with Crippen LogP contribution in [0.1, 0.15) is 56.0 Å². The summed E-state index contributed by atoms with van der Waals surface area (Å²) < 4.78 is 18.2. The number of para-hydroxylation sites is 3. The van der Waals surface area contributed by atoms with Crippen LogP contribution < -0.4 is 31.9 Å². The van der Waals surface area contributed by atoms with Crippen molar-refractivity contribution in [3.8, 4) is 0 Å². The summed E-state index contributed by atoms with van der Waals surface area (Å²) in [6.07, 6.45) is 5.51. The second-order valence-electron chi connectivity index (χ2n) is 23.7. The van der Waals surface area contributed by atoms with E-state index < -0.39 is 41.8 Å². The fourth-order valence-electron chi connectivity index (χ4n) is 11.8. The largest absolute Gasteiger partial charge is 0.374 e. The van der Waals surface area contributed by atoms with Crippen LogP contribution in [0.2, 0.25) is 0 Å². The molecule has 0 spiro atoms. The van der Waals surface area contributed by atoms with Crippen molar-refractivity contribution in [3.63, 3.8) is 0 Å². The Bertz CT molecular complexity index is 4170. The van der Waals surface area contributed by atoms with Gasteiger partial charge >= 0.3 is 0 Å². The number of hydrogen-bond acceptors (Lipinski definition) is 9. The van der Waals surface area contributed by atoms with Crippen LogP contribution in [-0.4, -0.2) is 88.3 Å². The molecule has 0 saturated heterocycles. The molecule has 3 aromatic heterocycles. The molecule has 97 heavy (non-hydrogen) atoms. The summed E-state index contributed by atoms with van der Waals surface area (Å²) >= 11 is 0. The fourth-order valence-corrected chi connectivity index (χ4v) is 11.8. The summed E-state index contributed by atoms with van der Waals surface area (Å²) in [6, 6.07) is 70.9. The number of aromatic amines is 3. The highest BCUT2D eigenvalue weighted by Gasteiger charge is 2.27. The van der Waals surface area contributed by atoms with E-state index in [9.17, 15) is 28.8 Å². The minimum atomic E-state index is -1.05. The number of anilines is 3. The zero-order valence-corrected chi connectivity index (χ0v) is 53.1. The van der Waals surface area contributed by atoms with E-state index in [-0.39, 0.29) is 76.6 Å². The monoisotopic (exact) mass is 1290 g/mol. The molecule has 6 amide bonds. The number of aromatic nitrogens is 3. The minimum absolute atomic E-state index is 0.0370. The minimum Gasteiger partial charge on any atom is -0.374 e. The van der Waals surface area contributed by atoms with Crippen LogP contribution in [0.3, 0.4) is 0 Å². The Morgan fingerprint density at radius 1 is 0.309 bits per heavy atom. The smallest absolute Gasteiger partial charge is 0.249 e. The van der Waals surface area contributed by atoms with E-state index in [1.54, 1.807) is 55.0 Å². The predicted octanol–water partition coefficient (Wildman–Crippen LogP) is 12.0. The number of carbonyl (C=O) groups excluding carboxylic acids is 6. The van der Waals surface area contributed by atoms with E-state index >= 15 is 0 Å². The quantitative estimate of drug-likeness (QED) is 0.0194. The second-order valence-corrected chi connectivity index (χ2v) is 23.7. The molecule has 3 atom stereocenters. The molecule has 3 heterocycles. The van der Waals surface area contributed by atoms with Gasteiger partial charge in [0.15, 0.2) is 0 Å². The summed E-state index contributed by atoms with van der Waals surface area (Å²) in [4.78, 5) is 93.6. The van der Waals surface area contributed by atoms with Crippen LogP contribution >= 0.6 is 0 Å². The molecular weight excluding hydrogens is 1220 g/mol. The fraction of sp³-hybridized carbons (Fsp3) is 0.165. The van der Waals surface area contributed by atoms with E-state index in [1.807, 2.05) is 200 Å². The summed E-state index contributed by atoms with van der Waals surface area (Å²) in [5.74, 6) is -2.93. The van der Waals surface area contributed by atoms with E-state index in [0.29, 0.717) is 17.1 Å². The topological polar surface area (TPSA) is 250 Å². The Morgan fingerprint density at radius 3 is 0.845 bits per heavy atom. The highest BCUT2D eigenvalue weighted by molar-refractivity contribution is 6.00. The Labute approximate surface area is 560 Å². The molecule has 9 aromatic carbocycles. The maximum absolute atomic E-state index is 14.3. The molecule has 18 heteroatoms. The normalized spacial score (nSPS) is 12.2. The molecule has 12 aromatic rings. The average molecular weight is 1290 g/mol. The van der Waals surface area contributed by atoms with E-state index in [2.05, 4.69) is 46.9 Å². The Hall–Kier alpha value is -11.7. The van der Waals surface area contributed by atoms with Gasteiger partial charge < -0.3 is 61.1 Å². The molecule has 0 radical (unpaired) electrons. The van der Waals surface area contributed by atoms with E-state index in [4.69, 9.17) is 14.2 Å². The van der Waals surface area contributed by atoms with Gasteiger partial charge in [-0.1, -0.05) is 182 Å². The number of ether oxygens (including phenoxy) is 3. The van der Waals surface area contributed by atoms with Gasteiger partial charge in [0, 0.05) is 74.3 Å². The number of fused-ring (bicyclic) bond motifs is 3. The molecule has 0 unspecified atom stereocenters. The molecule has 18 nitrogen and oxygen atoms in total. The lowest BCUT2D eigenvalue weighted by Crippen LogP contribution is -2.47. The van der Waals surface area contributed by atoms with Gasteiger partial charge in [0.2, 0.25) is 35.4 Å². The molecule has 0 aliphatic carbocycles. The number of rotatable bonds is 30. The molecule has 0 saturated carbocycles. The number of benzene rings is 9. The van der Waals surface area contributed by atoms with Gasteiger partial charge in [-0.05, 0) is 105 Å². The number of hydrogen-bond donors (Lipinski definition) is 9. The molecular formula is C79H73N9O9. The maximum Gasteiger partial charge on any atom is 0.249 e. The van der Waals surface area contributed by atoms with Crippen LogP contribution in [0, 0.1) is 0 Å². The third-order valence-corrected chi connectivity index (χ3v) is 16.8. The second kappa shape index (κ2) is 32.0. The van der Waals surface area contributed by atoms with E-state index in [1.165, 1.54) is 0 Å². The lowest BCUT2D eigenvalue weighted by molar-refractivity contribution is -0.127. The average Bonchev–Trinajstić information content (AvgIpc) is 1.92. The molecule has 0 aliphatic rings. The first-order valence-electron chi connectivity index (χ1n) is 32.1. The first-order valence-corrected chi connectivity index (χ1v) is 32.1. The van der Waals surface area contributed by atoms with Gasteiger partial charge in [0.05, 0.1) is 58.9 Å². The number of nitrogens with one attached hydrogen (secondary N) is 9. The third-order valence-electron chi connectivity index (χ3n) is 16.8. The Morgan fingerprint density at radius 2 is 0.567 bits per heavy atom. The molecule has 9 N–H and O–H groups in total. The zero-order valence-electron chi connectivity index (χ0n) is 53.1. The van der Waals surface area contributed by atoms with Crippen LogP contribution in [0.4, 0.5) is 17.1 Å². The van der Waals surface area contributed by atoms with Crippen LogP contribution in [0.15, 0.2) is 255 Å². The molecule has 12 rings (SSSR count). The van der Waals surface area contributed by atoms with Crippen molar-refractivity contribution in [2.24, 2.45) is 0 Å². The van der Waals surface area contributed by atoms with Gasteiger partial charge in [-0.25, -0.2) is 0 Å². The van der Waals surface area contributed by atoms with E-state index in [0.717, 1.165) is 82.8 Å². The predicted molar refractivity (Wildman–Crippen MR) is 376 cm³/mol. The first kappa shape index (κ1) is 65.4. The van der Waals surface area contributed by atoms with Crippen molar-refractivity contribution < 1.29 is 43.0 Å². The Kier molecular flexibility index (Phi) is 21.5. The number of H-pyrrole nitrogens is 3. The highest BCUT2D eigenvalue weighted by atomic mass is 16.5. The summed E-state index contributed by atoms with van der Waals surface area (Å²) in [6.45, 7) is 0.391. The van der Waals surface area contributed by atoms with Gasteiger partial charge in [-0.3, -0.25) is 28.8 Å². The van der Waals surface area contributed by atoms with Crippen molar-refractivity contribution >= 4 is 85.2 Å². The van der Waals surface area contributed by atoms with Gasteiger partial charge in [0.25, 0.3) is 0 Å². The third kappa shape index (κ3) is 17.6. The summed E-state index contributed by atoms with van der Waals surface area (Å²) in [5.41, 5.74) is 11.7. The summed E-state index contributed by atoms with van der Waals surface area (Å²) in [7, 11) is 0. The zero-order chi connectivity index (χ0) is 66.7. The lowest BCUT2D eigenvalue weighted by atomic mass is 9.85. The standard InChI is InChI=1S/C79H73N9O9/c89-73(40-58-43-80-67-25-13-10-22-64(58)67)86-70(49-95-46-52-16-4-1-5-17-52)77(92)83-61-34-28-55(29-35-61)76(56-30-36-62(37-31-56)84-78(93)71(50-96-47-53-18-6-2-7-19-53)87-74(90)41-59-44-81-68-26-14-11-23-65(59)68)57-32-38-63(39-33-57)85-79(94)72(51-97-48-54-20-8-3-9-21-54)88-75(91)42-60-45-82-69-27-15-12-24-66(60)69/h1-39,43-45,70-72,76,80-82H,40-42,46-51H2,(H,83,92)(H,84,93)(H,85,94)(H,86,89)(H,87,90)(H,88,91)/t70-,71-,72-/m0/s1. The lowest BCUT2D eigenvalue weighted by Gasteiger charge is -2.22. The maximum atomic E-state index is 14.3. The SMILES string of the molecule is O=C(Cc1c[nH]c2ccccc12)N[C@@H](COCc1ccccc1)C(=O)Nc1ccc(C(c2ccc(NC(=O)[C@H](COCc3ccccc3)NC(=O)Cc3c[nH]c4ccccc34)cc2)c2ccc(NC(=O)[C@H](COCc3ccccc3)NC(=O)Cc3c[nH]c4ccccc34)cc2)cc1. The molecule has 0 aliphatic heterocycles. The van der Waals surface area contributed by atoms with Crippen LogP contribution in [0.25, 0.3) is 32.7 Å². The number of carbonyl (C=O) groups is 6. The van der Waals surface area contributed by atoms with Gasteiger partial charge in [0.1, 0.15) is 18.1 Å². The van der Waals surface area contributed by atoms with Crippen molar-refractivity contribution in [3.05, 3.63) is 305 Å². The van der Waals surface area contributed by atoms with Crippen molar-refractivity contribution in [1.82, 2.24) is 30.9 Å². The number of amides is 6. The van der Waals surface area contributed by atoms with Crippen LogP contribution in [0.5, 0.6) is 0 Å². The molecule has 0 fully saturated rings. The first-order chi connectivity index (χ1) is 47.5. The van der Waals surface area contributed by atoms with Crippen molar-refractivity contribution in [2.45, 2.75) is 63.1 Å². The van der Waals surface area contributed by atoms with Crippen LogP contribution in [-0.2, 0) is 82.1 Å².